The lowest BCUT2D eigenvalue weighted by Gasteiger charge is -2.02. The number of halogens is 2. The Bertz CT molecular complexity index is 486. The van der Waals surface area contributed by atoms with Crippen molar-refractivity contribution in [3.8, 4) is 0 Å². The van der Waals surface area contributed by atoms with Crippen LogP contribution in [0.5, 0.6) is 0 Å². The number of benzene rings is 1. The van der Waals surface area contributed by atoms with E-state index in [0.717, 1.165) is 12.2 Å². The van der Waals surface area contributed by atoms with Gasteiger partial charge in [-0.25, -0.2) is 18.4 Å². The van der Waals surface area contributed by atoms with Crippen LogP contribution in [0, 0.1) is 11.6 Å². The molecule has 0 saturated carbocycles. The molecule has 1 rings (SSSR count). The first-order chi connectivity index (χ1) is 8.45. The number of esters is 1. The maximum Gasteiger partial charge on any atom is 0.335 e. The number of aromatic carboxylic acids is 1. The molecule has 0 aromatic heterocycles. The van der Waals surface area contributed by atoms with E-state index in [0.29, 0.717) is 12.1 Å². The second-order valence-electron chi connectivity index (χ2n) is 3.24. The van der Waals surface area contributed by atoms with E-state index >= 15 is 0 Å². The number of carbonyl (C=O) groups excluding carboxylic acids is 1. The van der Waals surface area contributed by atoms with Gasteiger partial charge in [-0.1, -0.05) is 0 Å². The molecule has 1 aromatic carbocycles. The van der Waals surface area contributed by atoms with Crippen LogP contribution in [0.15, 0.2) is 18.2 Å². The summed E-state index contributed by atoms with van der Waals surface area (Å²) in [6.07, 6.45) is 1.76. The lowest BCUT2D eigenvalue weighted by Crippen LogP contribution is -2.02. The average molecular weight is 256 g/mol. The van der Waals surface area contributed by atoms with Crippen LogP contribution in [0.4, 0.5) is 8.78 Å². The minimum Gasteiger partial charge on any atom is -0.478 e. The molecular formula is C12H10F2O4. The number of ether oxygens (including phenoxy) is 1. The fourth-order valence-corrected chi connectivity index (χ4v) is 1.21. The molecule has 0 unspecified atom stereocenters. The quantitative estimate of drug-likeness (QED) is 0.662. The van der Waals surface area contributed by atoms with Gasteiger partial charge in [-0.15, -0.1) is 0 Å². The highest BCUT2D eigenvalue weighted by Gasteiger charge is 2.12. The van der Waals surface area contributed by atoms with E-state index < -0.39 is 34.7 Å². The van der Waals surface area contributed by atoms with Gasteiger partial charge in [-0.3, -0.25) is 0 Å². The van der Waals surface area contributed by atoms with Crippen molar-refractivity contribution < 1.29 is 28.2 Å². The first kappa shape index (κ1) is 13.8. The summed E-state index contributed by atoms with van der Waals surface area (Å²) in [5, 5.41) is 8.59. The molecule has 18 heavy (non-hydrogen) atoms. The Morgan fingerprint density at radius 1 is 1.33 bits per heavy atom. The number of carboxylic acid groups (broad SMARTS) is 1. The summed E-state index contributed by atoms with van der Waals surface area (Å²) in [6.45, 7) is 1.74. The van der Waals surface area contributed by atoms with E-state index in [9.17, 15) is 18.4 Å². The second kappa shape index (κ2) is 5.90. The SMILES string of the molecule is CCOC(=O)C=Cc1c(F)cc(C(=O)O)cc1F. The van der Waals surface area contributed by atoms with Crippen LogP contribution in [-0.4, -0.2) is 23.7 Å². The third kappa shape index (κ3) is 3.38. The number of carboxylic acids is 1. The molecule has 0 aliphatic heterocycles. The van der Waals surface area contributed by atoms with Gasteiger partial charge in [0.2, 0.25) is 0 Å². The van der Waals surface area contributed by atoms with Crippen molar-refractivity contribution in [3.05, 3.63) is 41.0 Å². The molecule has 0 radical (unpaired) electrons. The Morgan fingerprint density at radius 3 is 2.33 bits per heavy atom. The van der Waals surface area contributed by atoms with E-state index in [2.05, 4.69) is 4.74 Å². The molecule has 0 heterocycles. The van der Waals surface area contributed by atoms with Gasteiger partial charge in [-0.2, -0.15) is 0 Å². The molecule has 0 aliphatic carbocycles. The Morgan fingerprint density at radius 2 is 1.89 bits per heavy atom. The van der Waals surface area contributed by atoms with Crippen molar-refractivity contribution in [2.75, 3.05) is 6.61 Å². The van der Waals surface area contributed by atoms with Gasteiger partial charge in [0.1, 0.15) is 11.6 Å². The normalized spacial score (nSPS) is 10.6. The summed E-state index contributed by atoms with van der Waals surface area (Å²) in [6, 6.07) is 1.35. The summed E-state index contributed by atoms with van der Waals surface area (Å²) in [4.78, 5) is 21.5. The molecule has 0 saturated heterocycles. The van der Waals surface area contributed by atoms with E-state index in [-0.39, 0.29) is 6.61 Å². The largest absolute Gasteiger partial charge is 0.478 e. The number of rotatable bonds is 4. The van der Waals surface area contributed by atoms with Crippen LogP contribution in [0.1, 0.15) is 22.8 Å². The van der Waals surface area contributed by atoms with Gasteiger partial charge in [0.05, 0.1) is 12.2 Å². The standard InChI is InChI=1S/C12H10F2O4/c1-2-18-11(15)4-3-8-9(13)5-7(12(16)17)6-10(8)14/h3-6H,2H2,1H3,(H,16,17). The smallest absolute Gasteiger partial charge is 0.335 e. The summed E-state index contributed by atoms with van der Waals surface area (Å²) >= 11 is 0. The van der Waals surface area contributed by atoms with Crippen LogP contribution in [-0.2, 0) is 9.53 Å². The van der Waals surface area contributed by atoms with Crippen molar-refractivity contribution in [2.45, 2.75) is 6.92 Å². The van der Waals surface area contributed by atoms with Crippen molar-refractivity contribution in [2.24, 2.45) is 0 Å². The Kier molecular flexibility index (Phi) is 4.53. The van der Waals surface area contributed by atoms with Crippen LogP contribution in [0.3, 0.4) is 0 Å². The van der Waals surface area contributed by atoms with Gasteiger partial charge in [0.25, 0.3) is 0 Å². The first-order valence-corrected chi connectivity index (χ1v) is 5.03. The van der Waals surface area contributed by atoms with Gasteiger partial charge in [-0.05, 0) is 25.1 Å². The predicted molar refractivity (Wildman–Crippen MR) is 59.0 cm³/mol. The topological polar surface area (TPSA) is 63.6 Å². The van der Waals surface area contributed by atoms with Gasteiger partial charge >= 0.3 is 11.9 Å². The molecule has 1 aromatic rings. The van der Waals surface area contributed by atoms with Crippen molar-refractivity contribution in [3.63, 3.8) is 0 Å². The number of hydrogen-bond acceptors (Lipinski definition) is 3. The molecular weight excluding hydrogens is 246 g/mol. The molecule has 96 valence electrons. The van der Waals surface area contributed by atoms with Crippen LogP contribution >= 0.6 is 0 Å². The van der Waals surface area contributed by atoms with E-state index in [1.807, 2.05) is 0 Å². The highest BCUT2D eigenvalue weighted by Crippen LogP contribution is 2.17. The lowest BCUT2D eigenvalue weighted by atomic mass is 10.1. The molecule has 6 heteroatoms. The molecule has 0 spiro atoms. The van der Waals surface area contributed by atoms with Crippen molar-refractivity contribution in [1.82, 2.24) is 0 Å². The Hall–Kier alpha value is -2.24. The fourth-order valence-electron chi connectivity index (χ4n) is 1.21. The molecule has 0 atom stereocenters. The molecule has 0 amide bonds. The number of carbonyl (C=O) groups is 2. The summed E-state index contributed by atoms with van der Waals surface area (Å²) in [7, 11) is 0. The summed E-state index contributed by atoms with van der Waals surface area (Å²) in [5.74, 6) is -4.30. The van der Waals surface area contributed by atoms with Crippen LogP contribution in [0.2, 0.25) is 0 Å². The monoisotopic (exact) mass is 256 g/mol. The molecule has 0 bridgehead atoms. The van der Waals surface area contributed by atoms with Crippen molar-refractivity contribution >= 4 is 18.0 Å². The van der Waals surface area contributed by atoms with Crippen LogP contribution < -0.4 is 0 Å². The fraction of sp³-hybridized carbons (Fsp3) is 0.167. The average Bonchev–Trinajstić information content (AvgIpc) is 2.27. The zero-order chi connectivity index (χ0) is 13.7. The lowest BCUT2D eigenvalue weighted by molar-refractivity contribution is -0.137. The van der Waals surface area contributed by atoms with E-state index in [1.54, 1.807) is 6.92 Å². The predicted octanol–water partition coefficient (Wildman–Crippen LogP) is 2.24. The zero-order valence-electron chi connectivity index (χ0n) is 9.44. The highest BCUT2D eigenvalue weighted by molar-refractivity contribution is 5.89. The second-order valence-corrected chi connectivity index (χ2v) is 3.24. The Balaban J connectivity index is 3.04. The van der Waals surface area contributed by atoms with Crippen molar-refractivity contribution in [1.29, 1.82) is 0 Å². The van der Waals surface area contributed by atoms with Gasteiger partial charge < -0.3 is 9.84 Å². The van der Waals surface area contributed by atoms with E-state index in [4.69, 9.17) is 5.11 Å². The maximum atomic E-state index is 13.4. The third-order valence-electron chi connectivity index (χ3n) is 2.00. The van der Waals surface area contributed by atoms with E-state index in [1.165, 1.54) is 0 Å². The first-order valence-electron chi connectivity index (χ1n) is 5.03. The molecule has 4 nitrogen and oxygen atoms in total. The number of hydrogen-bond donors (Lipinski definition) is 1. The summed E-state index contributed by atoms with van der Waals surface area (Å²) in [5.41, 5.74) is -0.994. The zero-order valence-corrected chi connectivity index (χ0v) is 9.44. The maximum absolute atomic E-state index is 13.4. The molecule has 1 N–H and O–H groups in total. The third-order valence-corrected chi connectivity index (χ3v) is 2.00. The molecule has 0 fully saturated rings. The highest BCUT2D eigenvalue weighted by atomic mass is 19.1. The Labute approximate surface area is 101 Å². The summed E-state index contributed by atoms with van der Waals surface area (Å²) < 4.78 is 31.3. The minimum absolute atomic E-state index is 0.145. The van der Waals surface area contributed by atoms with Gasteiger partial charge in [0.15, 0.2) is 0 Å². The van der Waals surface area contributed by atoms with Crippen LogP contribution in [0.25, 0.3) is 6.08 Å². The molecule has 0 aliphatic rings. The van der Waals surface area contributed by atoms with Gasteiger partial charge in [0, 0.05) is 11.6 Å². The minimum atomic E-state index is -1.44.